The van der Waals surface area contributed by atoms with E-state index in [0.717, 1.165) is 25.0 Å². The summed E-state index contributed by atoms with van der Waals surface area (Å²) in [6.45, 7) is 0.210. The molecule has 6 nitrogen and oxygen atoms in total. The number of halogens is 1. The minimum absolute atomic E-state index is 0.210. The Kier molecular flexibility index (Phi) is 6.52. The van der Waals surface area contributed by atoms with Crippen molar-refractivity contribution in [1.29, 1.82) is 0 Å². The first-order valence-corrected chi connectivity index (χ1v) is 10.4. The van der Waals surface area contributed by atoms with E-state index in [4.69, 9.17) is 4.74 Å². The van der Waals surface area contributed by atoms with Gasteiger partial charge in [-0.15, -0.1) is 0 Å². The van der Waals surface area contributed by atoms with E-state index in [1.54, 1.807) is 24.4 Å². The van der Waals surface area contributed by atoms with Gasteiger partial charge < -0.3 is 15.2 Å². The van der Waals surface area contributed by atoms with Crippen LogP contribution >= 0.6 is 0 Å². The molecule has 0 radical (unpaired) electrons. The third-order valence-electron chi connectivity index (χ3n) is 5.40. The van der Waals surface area contributed by atoms with Crippen molar-refractivity contribution in [2.24, 2.45) is 0 Å². The highest BCUT2D eigenvalue weighted by Crippen LogP contribution is 2.30. The van der Waals surface area contributed by atoms with E-state index >= 15 is 0 Å². The van der Waals surface area contributed by atoms with Crippen LogP contribution < -0.4 is 10.1 Å². The summed E-state index contributed by atoms with van der Waals surface area (Å²) in [5, 5.41) is 13.1. The number of amides is 1. The number of aliphatic hydroxyl groups is 1. The number of hydrogen-bond donors (Lipinski definition) is 2. The topological polar surface area (TPSA) is 84.3 Å². The molecule has 31 heavy (non-hydrogen) atoms. The summed E-state index contributed by atoms with van der Waals surface area (Å²) < 4.78 is 19.3. The predicted molar refractivity (Wildman–Crippen MR) is 114 cm³/mol. The summed E-state index contributed by atoms with van der Waals surface area (Å²) in [4.78, 5) is 21.4. The molecule has 2 heterocycles. The number of ether oxygens (including phenoxy) is 1. The van der Waals surface area contributed by atoms with E-state index < -0.39 is 6.10 Å². The van der Waals surface area contributed by atoms with Gasteiger partial charge in [0.2, 0.25) is 5.88 Å². The number of rotatable bonds is 6. The molecule has 0 saturated heterocycles. The van der Waals surface area contributed by atoms with E-state index in [-0.39, 0.29) is 24.4 Å². The van der Waals surface area contributed by atoms with Gasteiger partial charge in [-0.05, 0) is 48.7 Å². The second-order valence-electron chi connectivity index (χ2n) is 7.63. The maximum atomic E-state index is 13.4. The van der Waals surface area contributed by atoms with Crippen LogP contribution in [0.25, 0.3) is 11.1 Å². The smallest absolute Gasteiger partial charge is 0.253 e. The van der Waals surface area contributed by atoms with Crippen molar-refractivity contribution in [2.45, 2.75) is 44.4 Å². The largest absolute Gasteiger partial charge is 0.471 e. The first-order chi connectivity index (χ1) is 15.1. The average Bonchev–Trinajstić information content (AvgIpc) is 2.80. The molecule has 1 aliphatic carbocycles. The van der Waals surface area contributed by atoms with E-state index in [1.165, 1.54) is 18.3 Å². The number of carbonyl (C=O) groups is 1. The summed E-state index contributed by atoms with van der Waals surface area (Å²) in [5.74, 6) is -0.336. The lowest BCUT2D eigenvalue weighted by molar-refractivity contribution is 0.0717. The minimum atomic E-state index is -0.539. The van der Waals surface area contributed by atoms with Crippen molar-refractivity contribution in [3.05, 3.63) is 78.0 Å². The Balaban J connectivity index is 1.59. The van der Waals surface area contributed by atoms with Crippen LogP contribution in [0.5, 0.6) is 5.88 Å². The van der Waals surface area contributed by atoms with Gasteiger partial charge in [-0.1, -0.05) is 31.0 Å². The van der Waals surface area contributed by atoms with Crippen LogP contribution in [-0.2, 0) is 6.61 Å². The number of pyridine rings is 2. The molecule has 2 atom stereocenters. The monoisotopic (exact) mass is 421 g/mol. The number of hydrogen-bond acceptors (Lipinski definition) is 5. The summed E-state index contributed by atoms with van der Waals surface area (Å²) in [5.41, 5.74) is 2.34. The van der Waals surface area contributed by atoms with E-state index in [0.29, 0.717) is 29.0 Å². The predicted octanol–water partition coefficient (Wildman–Crippen LogP) is 3.90. The molecule has 4 rings (SSSR count). The van der Waals surface area contributed by atoms with Crippen molar-refractivity contribution < 1.29 is 19.0 Å². The highest BCUT2D eigenvalue weighted by Gasteiger charge is 2.25. The third kappa shape index (κ3) is 5.24. The fourth-order valence-corrected chi connectivity index (χ4v) is 3.68. The number of aromatic nitrogens is 2. The SMILES string of the molecule is O=C(N[C@@H]1CCCC[C@H]1O)c1cnc(OCc2ccccn2)c(-c2ccc(F)cc2)c1. The van der Waals surface area contributed by atoms with Gasteiger partial charge in [0.25, 0.3) is 5.91 Å². The lowest BCUT2D eigenvalue weighted by Gasteiger charge is -2.28. The molecular weight excluding hydrogens is 397 g/mol. The number of carbonyl (C=O) groups excluding carboxylic acids is 1. The van der Waals surface area contributed by atoms with Crippen molar-refractivity contribution in [1.82, 2.24) is 15.3 Å². The normalized spacial score (nSPS) is 18.4. The molecular formula is C24H24FN3O3. The summed E-state index contributed by atoms with van der Waals surface area (Å²) >= 11 is 0. The summed E-state index contributed by atoms with van der Waals surface area (Å²) in [6.07, 6.45) is 5.96. The maximum absolute atomic E-state index is 13.4. The van der Waals surface area contributed by atoms with Crippen LogP contribution in [-0.4, -0.2) is 33.1 Å². The Morgan fingerprint density at radius 1 is 1.13 bits per heavy atom. The number of nitrogens with one attached hydrogen (secondary N) is 1. The lowest BCUT2D eigenvalue weighted by Crippen LogP contribution is -2.45. The zero-order valence-corrected chi connectivity index (χ0v) is 17.0. The summed E-state index contributed by atoms with van der Waals surface area (Å²) in [6, 6.07) is 12.9. The highest BCUT2D eigenvalue weighted by atomic mass is 19.1. The molecule has 1 fully saturated rings. The van der Waals surface area contributed by atoms with Crippen LogP contribution in [0.3, 0.4) is 0 Å². The van der Waals surface area contributed by atoms with Crippen LogP contribution in [0.1, 0.15) is 41.7 Å². The number of aliphatic hydroxyl groups excluding tert-OH is 1. The second kappa shape index (κ2) is 9.66. The van der Waals surface area contributed by atoms with Gasteiger partial charge >= 0.3 is 0 Å². The molecule has 0 aliphatic heterocycles. The van der Waals surface area contributed by atoms with Gasteiger partial charge in [0.1, 0.15) is 12.4 Å². The van der Waals surface area contributed by atoms with Crippen LogP contribution in [0.4, 0.5) is 4.39 Å². The first kappa shape index (κ1) is 20.9. The Labute approximate surface area is 180 Å². The highest BCUT2D eigenvalue weighted by molar-refractivity contribution is 5.95. The minimum Gasteiger partial charge on any atom is -0.471 e. The summed E-state index contributed by atoms with van der Waals surface area (Å²) in [7, 11) is 0. The Morgan fingerprint density at radius 3 is 2.68 bits per heavy atom. The quantitative estimate of drug-likeness (QED) is 0.631. The molecule has 0 bridgehead atoms. The molecule has 1 aliphatic rings. The van der Waals surface area contributed by atoms with Crippen LogP contribution in [0, 0.1) is 5.82 Å². The van der Waals surface area contributed by atoms with E-state index in [9.17, 15) is 14.3 Å². The number of benzene rings is 1. The van der Waals surface area contributed by atoms with Gasteiger partial charge in [-0.3, -0.25) is 9.78 Å². The van der Waals surface area contributed by atoms with Gasteiger partial charge in [0.15, 0.2) is 0 Å². The molecule has 2 aromatic heterocycles. The van der Waals surface area contributed by atoms with Crippen molar-refractivity contribution >= 4 is 5.91 Å². The van der Waals surface area contributed by atoms with Crippen molar-refractivity contribution in [2.75, 3.05) is 0 Å². The molecule has 3 aromatic rings. The molecule has 2 N–H and O–H groups in total. The zero-order valence-electron chi connectivity index (χ0n) is 17.0. The molecule has 0 unspecified atom stereocenters. The fraction of sp³-hybridized carbons (Fsp3) is 0.292. The molecule has 160 valence electrons. The Morgan fingerprint density at radius 2 is 1.94 bits per heavy atom. The zero-order chi connectivity index (χ0) is 21.6. The first-order valence-electron chi connectivity index (χ1n) is 10.4. The molecule has 1 aromatic carbocycles. The average molecular weight is 421 g/mol. The van der Waals surface area contributed by atoms with Gasteiger partial charge in [-0.25, -0.2) is 9.37 Å². The Bertz CT molecular complexity index is 1030. The molecule has 1 saturated carbocycles. The standard InChI is InChI=1S/C24H24FN3O3/c25-18-10-8-16(9-11-18)20-13-17(23(30)28-21-6-1-2-7-22(21)29)14-27-24(20)31-15-19-5-3-4-12-26-19/h3-5,8-14,21-22,29H,1-2,6-7,15H2,(H,28,30)/t21-,22-/m1/s1. The third-order valence-corrected chi connectivity index (χ3v) is 5.40. The Hall–Kier alpha value is -3.32. The molecule has 0 spiro atoms. The second-order valence-corrected chi connectivity index (χ2v) is 7.63. The van der Waals surface area contributed by atoms with E-state index in [2.05, 4.69) is 15.3 Å². The maximum Gasteiger partial charge on any atom is 0.253 e. The van der Waals surface area contributed by atoms with Crippen molar-refractivity contribution in [3.63, 3.8) is 0 Å². The van der Waals surface area contributed by atoms with Gasteiger partial charge in [0.05, 0.1) is 23.4 Å². The fourth-order valence-electron chi connectivity index (χ4n) is 3.68. The van der Waals surface area contributed by atoms with Gasteiger partial charge in [-0.2, -0.15) is 0 Å². The van der Waals surface area contributed by atoms with E-state index in [1.807, 2.05) is 18.2 Å². The van der Waals surface area contributed by atoms with Gasteiger partial charge in [0, 0.05) is 18.0 Å². The number of nitrogens with zero attached hydrogens (tertiary/aromatic N) is 2. The lowest BCUT2D eigenvalue weighted by atomic mass is 9.92. The molecule has 7 heteroatoms. The van der Waals surface area contributed by atoms with Crippen molar-refractivity contribution in [3.8, 4) is 17.0 Å². The molecule has 1 amide bonds. The van der Waals surface area contributed by atoms with Crippen LogP contribution in [0.2, 0.25) is 0 Å². The van der Waals surface area contributed by atoms with Crippen LogP contribution in [0.15, 0.2) is 60.9 Å².